The molecule has 7 nitrogen and oxygen atoms in total. The number of rotatable bonds is 6. The van der Waals surface area contributed by atoms with Gasteiger partial charge in [-0.05, 0) is 63.2 Å². The van der Waals surface area contributed by atoms with E-state index < -0.39 is 37.9 Å². The zero-order valence-corrected chi connectivity index (χ0v) is 18.7. The van der Waals surface area contributed by atoms with E-state index in [9.17, 15) is 21.6 Å². The van der Waals surface area contributed by atoms with Crippen LogP contribution >= 0.6 is 11.6 Å². The molecule has 0 aliphatic rings. The summed E-state index contributed by atoms with van der Waals surface area (Å²) < 4.78 is 59.8. The monoisotopic (exact) mass is 460 g/mol. The molecule has 2 aromatic rings. The van der Waals surface area contributed by atoms with Gasteiger partial charge in [-0.15, -0.1) is 0 Å². The molecule has 0 unspecified atom stereocenters. The summed E-state index contributed by atoms with van der Waals surface area (Å²) in [4.78, 5) is 11.5. The van der Waals surface area contributed by atoms with E-state index in [1.165, 1.54) is 42.5 Å². The summed E-state index contributed by atoms with van der Waals surface area (Å²) in [5.74, 6) is -0.735. The average molecular weight is 461 g/mol. The van der Waals surface area contributed by atoms with Gasteiger partial charge >= 0.3 is 5.97 Å². The highest BCUT2D eigenvalue weighted by molar-refractivity contribution is 7.91. The van der Waals surface area contributed by atoms with Crippen molar-refractivity contribution in [3.63, 3.8) is 0 Å². The number of ether oxygens (including phenoxy) is 2. The maximum absolute atomic E-state index is 13.0. The molecule has 0 fully saturated rings. The first-order valence-corrected chi connectivity index (χ1v) is 12.1. The van der Waals surface area contributed by atoms with E-state index in [1.807, 2.05) is 0 Å². The number of benzene rings is 2. The van der Waals surface area contributed by atoms with Crippen molar-refractivity contribution in [2.45, 2.75) is 41.1 Å². The molecule has 0 N–H and O–H groups in total. The van der Waals surface area contributed by atoms with Gasteiger partial charge in [0.15, 0.2) is 16.4 Å². The zero-order valence-electron chi connectivity index (χ0n) is 16.3. The van der Waals surface area contributed by atoms with Gasteiger partial charge < -0.3 is 9.47 Å². The standard InChI is InChI=1S/C19H21ClO7S2/c1-19(2,3)27-18(21)12-26-16-10-5-13(20)11-17(16)29(24,25)15-8-6-14(7-9-15)28(4,22)23/h5-11H,12H2,1-4H3. The van der Waals surface area contributed by atoms with Crippen molar-refractivity contribution in [1.82, 2.24) is 0 Å². The molecule has 0 amide bonds. The SMILES string of the molecule is CC(C)(C)OC(=O)COc1ccc(Cl)cc1S(=O)(=O)c1ccc(S(C)(=O)=O)cc1. The molecular formula is C19H21ClO7S2. The molecule has 0 heterocycles. The van der Waals surface area contributed by atoms with Crippen LogP contribution in [0.25, 0.3) is 0 Å². The fourth-order valence-corrected chi connectivity index (χ4v) is 4.60. The van der Waals surface area contributed by atoms with E-state index in [4.69, 9.17) is 21.1 Å². The second kappa shape index (κ2) is 8.33. The summed E-state index contributed by atoms with van der Waals surface area (Å²) in [5.41, 5.74) is -0.712. The summed E-state index contributed by atoms with van der Waals surface area (Å²) in [7, 11) is -7.56. The summed E-state index contributed by atoms with van der Waals surface area (Å²) in [6, 6.07) is 8.74. The molecule has 0 bridgehead atoms. The Morgan fingerprint density at radius 3 is 2.03 bits per heavy atom. The van der Waals surface area contributed by atoms with Crippen LogP contribution in [0.1, 0.15) is 20.8 Å². The van der Waals surface area contributed by atoms with Crippen LogP contribution in [0.15, 0.2) is 57.2 Å². The molecule has 2 rings (SSSR count). The molecule has 158 valence electrons. The highest BCUT2D eigenvalue weighted by atomic mass is 35.5. The molecule has 0 aromatic heterocycles. The third-order valence-corrected chi connectivity index (χ3v) is 6.68. The maximum Gasteiger partial charge on any atom is 0.344 e. The lowest BCUT2D eigenvalue weighted by atomic mass is 10.2. The first-order chi connectivity index (χ1) is 13.2. The molecule has 0 aliphatic carbocycles. The van der Waals surface area contributed by atoms with Crippen molar-refractivity contribution < 1.29 is 31.1 Å². The Labute approximate surface area is 175 Å². The van der Waals surface area contributed by atoms with Crippen LogP contribution in [0.2, 0.25) is 5.02 Å². The van der Waals surface area contributed by atoms with Gasteiger partial charge in [-0.2, -0.15) is 0 Å². The van der Waals surface area contributed by atoms with E-state index in [0.717, 1.165) is 6.26 Å². The zero-order chi connectivity index (χ0) is 22.0. The fraction of sp³-hybridized carbons (Fsp3) is 0.316. The average Bonchev–Trinajstić information content (AvgIpc) is 2.58. The molecule has 0 aliphatic heterocycles. The second-order valence-corrected chi connectivity index (χ2v) is 11.6. The summed E-state index contributed by atoms with van der Waals surface area (Å²) in [6.07, 6.45) is 1.02. The molecule has 0 radical (unpaired) electrons. The van der Waals surface area contributed by atoms with Crippen molar-refractivity contribution in [1.29, 1.82) is 0 Å². The maximum atomic E-state index is 13.0. The summed E-state index contributed by atoms with van der Waals surface area (Å²) in [5, 5.41) is 0.154. The smallest absolute Gasteiger partial charge is 0.344 e. The Morgan fingerprint density at radius 2 is 1.52 bits per heavy atom. The number of halogens is 1. The van der Waals surface area contributed by atoms with Gasteiger partial charge in [-0.1, -0.05) is 11.6 Å². The Hall–Kier alpha value is -2.10. The second-order valence-electron chi connectivity index (χ2n) is 7.21. The summed E-state index contributed by atoms with van der Waals surface area (Å²) in [6.45, 7) is 4.60. The number of sulfone groups is 2. The van der Waals surface area contributed by atoms with Gasteiger partial charge in [0.1, 0.15) is 16.2 Å². The Balaban J connectivity index is 2.37. The first kappa shape index (κ1) is 23.2. The van der Waals surface area contributed by atoms with E-state index in [1.54, 1.807) is 20.8 Å². The highest BCUT2D eigenvalue weighted by Gasteiger charge is 2.25. The van der Waals surface area contributed by atoms with Gasteiger partial charge in [0, 0.05) is 11.3 Å². The van der Waals surface area contributed by atoms with Crippen LogP contribution in [0.3, 0.4) is 0 Å². The van der Waals surface area contributed by atoms with Crippen LogP contribution in [0.5, 0.6) is 5.75 Å². The molecule has 0 saturated heterocycles. The summed E-state index contributed by atoms with van der Waals surface area (Å²) >= 11 is 5.95. The number of hydrogen-bond acceptors (Lipinski definition) is 7. The minimum Gasteiger partial charge on any atom is -0.481 e. The van der Waals surface area contributed by atoms with Crippen LogP contribution in [0, 0.1) is 0 Å². The molecule has 0 spiro atoms. The number of carbonyl (C=O) groups excluding carboxylic acids is 1. The third-order valence-electron chi connectivity index (χ3n) is 3.52. The van der Waals surface area contributed by atoms with Crippen LogP contribution in [-0.2, 0) is 29.2 Å². The Morgan fingerprint density at radius 1 is 0.966 bits per heavy atom. The minimum atomic E-state index is -4.09. The fourth-order valence-electron chi connectivity index (χ4n) is 2.31. The van der Waals surface area contributed by atoms with Gasteiger partial charge in [0.2, 0.25) is 9.84 Å². The largest absolute Gasteiger partial charge is 0.481 e. The molecule has 0 saturated carbocycles. The molecule has 0 atom stereocenters. The molecule has 10 heteroatoms. The normalized spacial score (nSPS) is 12.4. The van der Waals surface area contributed by atoms with E-state index >= 15 is 0 Å². The van der Waals surface area contributed by atoms with Crippen molar-refractivity contribution in [3.8, 4) is 5.75 Å². The van der Waals surface area contributed by atoms with Crippen LogP contribution in [-0.4, -0.2) is 41.3 Å². The Kier molecular flexibility index (Phi) is 6.66. The number of esters is 1. The van der Waals surface area contributed by atoms with Gasteiger partial charge in [0.25, 0.3) is 0 Å². The number of carbonyl (C=O) groups is 1. The predicted molar refractivity (Wildman–Crippen MR) is 108 cm³/mol. The van der Waals surface area contributed by atoms with Gasteiger partial charge in [0.05, 0.1) is 9.79 Å². The van der Waals surface area contributed by atoms with Crippen molar-refractivity contribution in [3.05, 3.63) is 47.5 Å². The predicted octanol–water partition coefficient (Wildman–Crippen LogP) is 3.30. The van der Waals surface area contributed by atoms with Crippen molar-refractivity contribution >= 4 is 37.2 Å². The quantitative estimate of drug-likeness (QED) is 0.609. The first-order valence-electron chi connectivity index (χ1n) is 8.39. The lowest BCUT2D eigenvalue weighted by molar-refractivity contribution is -0.157. The van der Waals surface area contributed by atoms with Crippen molar-refractivity contribution in [2.75, 3.05) is 12.9 Å². The van der Waals surface area contributed by atoms with Crippen LogP contribution in [0.4, 0.5) is 0 Å². The van der Waals surface area contributed by atoms with Gasteiger partial charge in [-0.25, -0.2) is 21.6 Å². The highest BCUT2D eigenvalue weighted by Crippen LogP contribution is 2.32. The van der Waals surface area contributed by atoms with E-state index in [-0.39, 0.29) is 25.5 Å². The molecule has 2 aromatic carbocycles. The van der Waals surface area contributed by atoms with Gasteiger partial charge in [-0.3, -0.25) is 0 Å². The van der Waals surface area contributed by atoms with E-state index in [0.29, 0.717) is 0 Å². The third kappa shape index (κ3) is 6.19. The molecular weight excluding hydrogens is 440 g/mol. The van der Waals surface area contributed by atoms with E-state index in [2.05, 4.69) is 0 Å². The lowest BCUT2D eigenvalue weighted by Crippen LogP contribution is -2.27. The number of hydrogen-bond donors (Lipinski definition) is 0. The van der Waals surface area contributed by atoms with Crippen molar-refractivity contribution in [2.24, 2.45) is 0 Å². The topological polar surface area (TPSA) is 104 Å². The minimum absolute atomic E-state index is 0.0102. The Bertz CT molecular complexity index is 1110. The molecule has 29 heavy (non-hydrogen) atoms. The lowest BCUT2D eigenvalue weighted by Gasteiger charge is -2.20. The van der Waals surface area contributed by atoms with Crippen LogP contribution < -0.4 is 4.74 Å².